The van der Waals surface area contributed by atoms with Gasteiger partial charge in [0.05, 0.1) is 6.04 Å². The van der Waals surface area contributed by atoms with E-state index in [0.717, 1.165) is 12.0 Å². The fourth-order valence-electron chi connectivity index (χ4n) is 1.63. The van der Waals surface area contributed by atoms with Crippen LogP contribution >= 0.6 is 23.2 Å². The Morgan fingerprint density at radius 1 is 1.36 bits per heavy atom. The van der Waals surface area contributed by atoms with Gasteiger partial charge in [-0.3, -0.25) is 4.79 Å². The number of hydrogen-bond acceptors (Lipinski definition) is 1. The standard InChI is InChI=1S/C10H9Cl2NO/c11-6-1-2-7(8(12)5-6)9-3-4-10(14)13-9/h1-2,5,9H,3-4H2,(H,13,14)/t9-/m1/s1. The third-order valence-corrected chi connectivity index (χ3v) is 2.90. The van der Waals surface area contributed by atoms with Crippen molar-refractivity contribution in [2.75, 3.05) is 0 Å². The lowest BCUT2D eigenvalue weighted by Gasteiger charge is -2.12. The Balaban J connectivity index is 2.28. The van der Waals surface area contributed by atoms with Crippen LogP contribution < -0.4 is 5.32 Å². The van der Waals surface area contributed by atoms with Crippen molar-refractivity contribution in [3.05, 3.63) is 33.8 Å². The normalized spacial score (nSPS) is 21.0. The SMILES string of the molecule is O=C1CC[C@H](c2ccc(Cl)cc2Cl)N1. The van der Waals surface area contributed by atoms with Gasteiger partial charge in [-0.1, -0.05) is 29.3 Å². The largest absolute Gasteiger partial charge is 0.349 e. The number of benzene rings is 1. The molecule has 2 nitrogen and oxygen atoms in total. The molecular weight excluding hydrogens is 221 g/mol. The molecule has 1 aliphatic heterocycles. The molecule has 1 aromatic rings. The number of amides is 1. The molecule has 14 heavy (non-hydrogen) atoms. The summed E-state index contributed by atoms with van der Waals surface area (Å²) in [5.74, 6) is 0.0843. The number of nitrogens with one attached hydrogen (secondary N) is 1. The Kier molecular flexibility index (Phi) is 2.66. The van der Waals surface area contributed by atoms with Gasteiger partial charge in [0.15, 0.2) is 0 Å². The number of halogens is 2. The predicted octanol–water partition coefficient (Wildman–Crippen LogP) is 2.94. The minimum Gasteiger partial charge on any atom is -0.349 e. The van der Waals surface area contributed by atoms with Crippen LogP contribution in [0.2, 0.25) is 10.0 Å². The molecule has 0 saturated carbocycles. The van der Waals surface area contributed by atoms with Gasteiger partial charge < -0.3 is 5.32 Å². The zero-order chi connectivity index (χ0) is 10.1. The molecule has 1 heterocycles. The molecule has 1 amide bonds. The highest BCUT2D eigenvalue weighted by molar-refractivity contribution is 6.35. The third-order valence-electron chi connectivity index (χ3n) is 2.33. The summed E-state index contributed by atoms with van der Waals surface area (Å²) in [5.41, 5.74) is 0.946. The van der Waals surface area contributed by atoms with Crippen LogP contribution in [-0.2, 0) is 4.79 Å². The monoisotopic (exact) mass is 229 g/mol. The summed E-state index contributed by atoms with van der Waals surface area (Å²) in [6.07, 6.45) is 1.38. The highest BCUT2D eigenvalue weighted by atomic mass is 35.5. The minimum atomic E-state index is 0.0484. The van der Waals surface area contributed by atoms with Crippen molar-refractivity contribution in [3.8, 4) is 0 Å². The van der Waals surface area contributed by atoms with Crippen LogP contribution in [0.5, 0.6) is 0 Å². The molecule has 1 fully saturated rings. The second-order valence-corrected chi connectivity index (χ2v) is 4.17. The summed E-state index contributed by atoms with van der Waals surface area (Å²) in [4.78, 5) is 11.0. The van der Waals surface area contributed by atoms with Crippen LogP contribution in [-0.4, -0.2) is 5.91 Å². The zero-order valence-corrected chi connectivity index (χ0v) is 8.90. The van der Waals surface area contributed by atoms with Crippen molar-refractivity contribution in [3.63, 3.8) is 0 Å². The van der Waals surface area contributed by atoms with E-state index < -0.39 is 0 Å². The van der Waals surface area contributed by atoms with Crippen molar-refractivity contribution in [1.82, 2.24) is 5.32 Å². The first-order valence-corrected chi connectivity index (χ1v) is 5.17. The average molecular weight is 230 g/mol. The van der Waals surface area contributed by atoms with Gasteiger partial charge in [-0.15, -0.1) is 0 Å². The van der Waals surface area contributed by atoms with Gasteiger partial charge in [0.25, 0.3) is 0 Å². The van der Waals surface area contributed by atoms with Crippen LogP contribution in [0.4, 0.5) is 0 Å². The predicted molar refractivity (Wildman–Crippen MR) is 56.6 cm³/mol. The first kappa shape index (κ1) is 9.81. The van der Waals surface area contributed by atoms with E-state index in [-0.39, 0.29) is 11.9 Å². The van der Waals surface area contributed by atoms with Crippen LogP contribution in [0.15, 0.2) is 18.2 Å². The second-order valence-electron chi connectivity index (χ2n) is 3.32. The van der Waals surface area contributed by atoms with Crippen molar-refractivity contribution < 1.29 is 4.79 Å². The third kappa shape index (κ3) is 1.86. The van der Waals surface area contributed by atoms with Crippen LogP contribution in [0.3, 0.4) is 0 Å². The van der Waals surface area contributed by atoms with E-state index in [2.05, 4.69) is 5.32 Å². The van der Waals surface area contributed by atoms with Crippen LogP contribution in [0.1, 0.15) is 24.4 Å². The Hall–Kier alpha value is -0.730. The molecule has 0 radical (unpaired) electrons. The molecule has 1 N–H and O–H groups in total. The summed E-state index contributed by atoms with van der Waals surface area (Å²) in [6, 6.07) is 5.39. The zero-order valence-electron chi connectivity index (χ0n) is 7.39. The van der Waals surface area contributed by atoms with Crippen molar-refractivity contribution in [1.29, 1.82) is 0 Å². The summed E-state index contributed by atoms with van der Waals surface area (Å²) in [7, 11) is 0. The molecule has 0 bridgehead atoms. The number of hydrogen-bond donors (Lipinski definition) is 1. The van der Waals surface area contributed by atoms with Crippen molar-refractivity contribution >= 4 is 29.1 Å². The Bertz CT molecular complexity index is 378. The molecule has 74 valence electrons. The lowest BCUT2D eigenvalue weighted by molar-refractivity contribution is -0.119. The molecule has 0 unspecified atom stereocenters. The maximum absolute atomic E-state index is 11.0. The van der Waals surface area contributed by atoms with Gasteiger partial charge >= 0.3 is 0 Å². The van der Waals surface area contributed by atoms with Gasteiger partial charge in [-0.2, -0.15) is 0 Å². The Morgan fingerprint density at radius 2 is 2.14 bits per heavy atom. The van der Waals surface area contributed by atoms with E-state index in [1.807, 2.05) is 6.07 Å². The molecular formula is C10H9Cl2NO. The van der Waals surface area contributed by atoms with E-state index in [1.165, 1.54) is 0 Å². The Morgan fingerprint density at radius 3 is 2.71 bits per heavy atom. The Labute approximate surface area is 92.2 Å². The number of rotatable bonds is 1. The smallest absolute Gasteiger partial charge is 0.220 e. The molecule has 4 heteroatoms. The van der Waals surface area contributed by atoms with E-state index in [0.29, 0.717) is 16.5 Å². The molecule has 0 spiro atoms. The molecule has 2 rings (SSSR count). The van der Waals surface area contributed by atoms with E-state index in [1.54, 1.807) is 12.1 Å². The van der Waals surface area contributed by atoms with Crippen LogP contribution in [0.25, 0.3) is 0 Å². The summed E-state index contributed by atoms with van der Waals surface area (Å²) >= 11 is 11.8. The topological polar surface area (TPSA) is 29.1 Å². The van der Waals surface area contributed by atoms with Gasteiger partial charge in [0, 0.05) is 16.5 Å². The molecule has 1 aliphatic rings. The average Bonchev–Trinajstić information content (AvgIpc) is 2.51. The highest BCUT2D eigenvalue weighted by Gasteiger charge is 2.23. The number of carbonyl (C=O) groups is 1. The molecule has 1 saturated heterocycles. The fourth-order valence-corrected chi connectivity index (χ4v) is 2.17. The van der Waals surface area contributed by atoms with E-state index in [9.17, 15) is 4.79 Å². The summed E-state index contributed by atoms with van der Waals surface area (Å²) < 4.78 is 0. The molecule has 1 aromatic carbocycles. The summed E-state index contributed by atoms with van der Waals surface area (Å²) in [5, 5.41) is 4.09. The van der Waals surface area contributed by atoms with Gasteiger partial charge in [0.2, 0.25) is 5.91 Å². The fraction of sp³-hybridized carbons (Fsp3) is 0.300. The van der Waals surface area contributed by atoms with Gasteiger partial charge in [-0.25, -0.2) is 0 Å². The van der Waals surface area contributed by atoms with Gasteiger partial charge in [0.1, 0.15) is 0 Å². The molecule has 0 aromatic heterocycles. The maximum Gasteiger partial charge on any atom is 0.220 e. The van der Waals surface area contributed by atoms with E-state index in [4.69, 9.17) is 23.2 Å². The summed E-state index contributed by atoms with van der Waals surface area (Å²) in [6.45, 7) is 0. The first-order valence-electron chi connectivity index (χ1n) is 4.41. The lowest BCUT2D eigenvalue weighted by atomic mass is 10.1. The number of carbonyl (C=O) groups excluding carboxylic acids is 1. The van der Waals surface area contributed by atoms with E-state index >= 15 is 0 Å². The second kappa shape index (κ2) is 3.79. The van der Waals surface area contributed by atoms with Crippen molar-refractivity contribution in [2.24, 2.45) is 0 Å². The molecule has 1 atom stereocenters. The van der Waals surface area contributed by atoms with Gasteiger partial charge in [-0.05, 0) is 24.1 Å². The highest BCUT2D eigenvalue weighted by Crippen LogP contribution is 2.31. The quantitative estimate of drug-likeness (QED) is 0.789. The lowest BCUT2D eigenvalue weighted by Crippen LogP contribution is -2.18. The van der Waals surface area contributed by atoms with Crippen LogP contribution in [0, 0.1) is 0 Å². The minimum absolute atomic E-state index is 0.0484. The molecule has 0 aliphatic carbocycles. The first-order chi connectivity index (χ1) is 6.66. The maximum atomic E-state index is 11.0. The van der Waals surface area contributed by atoms with Crippen molar-refractivity contribution in [2.45, 2.75) is 18.9 Å².